The van der Waals surface area contributed by atoms with Crippen molar-refractivity contribution in [1.82, 2.24) is 9.29 Å². The molecule has 1 heterocycles. The Bertz CT molecular complexity index is 747. The van der Waals surface area contributed by atoms with Gasteiger partial charge in [-0.25, -0.2) is 13.4 Å². The second-order valence-corrected chi connectivity index (χ2v) is 7.61. The van der Waals surface area contributed by atoms with Crippen molar-refractivity contribution >= 4 is 26.0 Å². The van der Waals surface area contributed by atoms with E-state index in [9.17, 15) is 8.42 Å². The number of halogens is 1. The van der Waals surface area contributed by atoms with E-state index in [1.807, 2.05) is 30.3 Å². The Balaban J connectivity index is 2.18. The Morgan fingerprint density at radius 1 is 1.17 bits per heavy atom. The zero-order valence-electron chi connectivity index (χ0n) is 13.1. The maximum Gasteiger partial charge on any atom is 0.244 e. The normalized spacial score (nSPS) is 11.7. The number of benzene rings is 1. The Morgan fingerprint density at radius 2 is 1.83 bits per heavy atom. The van der Waals surface area contributed by atoms with Gasteiger partial charge in [0.2, 0.25) is 15.9 Å². The summed E-state index contributed by atoms with van der Waals surface area (Å²) in [5.74, 6) is 0.368. The first-order valence-electron chi connectivity index (χ1n) is 7.31. The summed E-state index contributed by atoms with van der Waals surface area (Å²) >= 11 is 3.34. The van der Waals surface area contributed by atoms with E-state index in [1.54, 1.807) is 13.8 Å². The van der Waals surface area contributed by atoms with Gasteiger partial charge in [-0.2, -0.15) is 4.31 Å². The van der Waals surface area contributed by atoms with E-state index in [1.165, 1.54) is 16.6 Å². The third-order valence-corrected chi connectivity index (χ3v) is 5.93. The molecule has 2 rings (SSSR count). The van der Waals surface area contributed by atoms with Crippen LogP contribution in [0.3, 0.4) is 0 Å². The predicted octanol–water partition coefficient (Wildman–Crippen LogP) is 3.45. The lowest BCUT2D eigenvalue weighted by atomic mass is 10.2. The maximum absolute atomic E-state index is 12.5. The van der Waals surface area contributed by atoms with Gasteiger partial charge in [-0.1, -0.05) is 44.2 Å². The van der Waals surface area contributed by atoms with Crippen LogP contribution in [0.15, 0.2) is 52.0 Å². The molecule has 0 aliphatic rings. The molecule has 1 aromatic heterocycles. The van der Waals surface area contributed by atoms with E-state index in [-0.39, 0.29) is 4.90 Å². The fraction of sp³-hybridized carbons (Fsp3) is 0.312. The van der Waals surface area contributed by atoms with Crippen molar-refractivity contribution in [2.45, 2.75) is 25.3 Å². The molecule has 0 spiro atoms. The lowest BCUT2D eigenvalue weighted by molar-refractivity contribution is 0.291. The van der Waals surface area contributed by atoms with Crippen LogP contribution in [-0.2, 0) is 16.6 Å². The van der Waals surface area contributed by atoms with E-state index in [2.05, 4.69) is 20.9 Å². The molecule has 0 radical (unpaired) electrons. The summed E-state index contributed by atoms with van der Waals surface area (Å²) in [6.45, 7) is 4.82. The standard InChI is InChI=1S/C16H19BrN2O3S/c1-3-19(4-2)23(20,21)14-10-15(17)16(18-11-14)22-12-13-8-6-5-7-9-13/h5-11H,3-4,12H2,1-2H3. The van der Waals surface area contributed by atoms with Crippen molar-refractivity contribution in [3.8, 4) is 5.88 Å². The molecule has 0 fully saturated rings. The van der Waals surface area contributed by atoms with Gasteiger partial charge in [0.05, 0.1) is 10.7 Å². The van der Waals surface area contributed by atoms with Crippen molar-refractivity contribution in [1.29, 1.82) is 0 Å². The summed E-state index contributed by atoms with van der Waals surface area (Å²) < 4.78 is 32.5. The average Bonchev–Trinajstić information content (AvgIpc) is 2.55. The summed E-state index contributed by atoms with van der Waals surface area (Å²) in [5.41, 5.74) is 1.01. The van der Waals surface area contributed by atoms with Crippen LogP contribution < -0.4 is 4.74 Å². The molecular weight excluding hydrogens is 380 g/mol. The molecule has 0 saturated heterocycles. The molecule has 1 aromatic carbocycles. The van der Waals surface area contributed by atoms with Crippen LogP contribution in [0.4, 0.5) is 0 Å². The molecule has 0 saturated carbocycles. The summed E-state index contributed by atoms with van der Waals surface area (Å²) in [6, 6.07) is 11.2. The minimum atomic E-state index is -3.52. The topological polar surface area (TPSA) is 59.5 Å². The smallest absolute Gasteiger partial charge is 0.244 e. The summed E-state index contributed by atoms with van der Waals surface area (Å²) in [6.07, 6.45) is 1.33. The quantitative estimate of drug-likeness (QED) is 0.716. The second kappa shape index (κ2) is 7.90. The van der Waals surface area contributed by atoms with Gasteiger partial charge in [0.1, 0.15) is 11.5 Å². The molecule has 0 amide bonds. The number of rotatable bonds is 7. The van der Waals surface area contributed by atoms with Crippen LogP contribution in [0, 0.1) is 0 Å². The third-order valence-electron chi connectivity index (χ3n) is 3.34. The van der Waals surface area contributed by atoms with Gasteiger partial charge in [-0.3, -0.25) is 0 Å². The fourth-order valence-corrected chi connectivity index (χ4v) is 4.14. The molecule has 5 nitrogen and oxygen atoms in total. The molecule has 0 unspecified atom stereocenters. The van der Waals surface area contributed by atoms with Gasteiger partial charge in [0, 0.05) is 13.1 Å². The molecule has 7 heteroatoms. The molecule has 23 heavy (non-hydrogen) atoms. The highest BCUT2D eigenvalue weighted by Crippen LogP contribution is 2.27. The lowest BCUT2D eigenvalue weighted by Gasteiger charge is -2.18. The molecule has 0 aliphatic carbocycles. The van der Waals surface area contributed by atoms with Crippen LogP contribution in [0.25, 0.3) is 0 Å². The van der Waals surface area contributed by atoms with E-state index >= 15 is 0 Å². The van der Waals surface area contributed by atoms with Gasteiger partial charge >= 0.3 is 0 Å². The molecule has 2 aromatic rings. The van der Waals surface area contributed by atoms with Crippen LogP contribution in [0.1, 0.15) is 19.4 Å². The van der Waals surface area contributed by atoms with Gasteiger partial charge in [-0.15, -0.1) is 0 Å². The Hall–Kier alpha value is -1.44. The molecule has 0 atom stereocenters. The summed E-state index contributed by atoms with van der Waals surface area (Å²) in [4.78, 5) is 4.29. The monoisotopic (exact) mass is 398 g/mol. The highest BCUT2D eigenvalue weighted by molar-refractivity contribution is 9.10. The maximum atomic E-state index is 12.5. The van der Waals surface area contributed by atoms with Gasteiger partial charge in [0.25, 0.3) is 0 Å². The van der Waals surface area contributed by atoms with E-state index in [0.29, 0.717) is 30.0 Å². The Morgan fingerprint density at radius 3 is 2.39 bits per heavy atom. The minimum absolute atomic E-state index is 0.153. The van der Waals surface area contributed by atoms with E-state index in [4.69, 9.17) is 4.74 Å². The van der Waals surface area contributed by atoms with Gasteiger partial charge in [0.15, 0.2) is 0 Å². The average molecular weight is 399 g/mol. The lowest BCUT2D eigenvalue weighted by Crippen LogP contribution is -2.30. The van der Waals surface area contributed by atoms with Crippen LogP contribution in [-0.4, -0.2) is 30.8 Å². The van der Waals surface area contributed by atoms with Gasteiger partial charge in [-0.05, 0) is 27.6 Å². The molecule has 0 N–H and O–H groups in total. The Kier molecular flexibility index (Phi) is 6.15. The highest BCUT2D eigenvalue weighted by Gasteiger charge is 2.23. The largest absolute Gasteiger partial charge is 0.472 e. The van der Waals surface area contributed by atoms with Crippen LogP contribution >= 0.6 is 15.9 Å². The number of pyridine rings is 1. The zero-order valence-corrected chi connectivity index (χ0v) is 15.5. The first-order valence-corrected chi connectivity index (χ1v) is 9.54. The molecule has 124 valence electrons. The van der Waals surface area contributed by atoms with Gasteiger partial charge < -0.3 is 4.74 Å². The first-order chi connectivity index (χ1) is 11.0. The number of sulfonamides is 1. The third kappa shape index (κ3) is 4.31. The SMILES string of the molecule is CCN(CC)S(=O)(=O)c1cnc(OCc2ccccc2)c(Br)c1. The predicted molar refractivity (Wildman–Crippen MR) is 92.8 cm³/mol. The number of ether oxygens (including phenoxy) is 1. The highest BCUT2D eigenvalue weighted by atomic mass is 79.9. The first kappa shape index (κ1) is 17.9. The minimum Gasteiger partial charge on any atom is -0.472 e. The molecular formula is C16H19BrN2O3S. The summed E-state index contributed by atoms with van der Waals surface area (Å²) in [5, 5.41) is 0. The Labute approximate surface area is 145 Å². The molecule has 0 aliphatic heterocycles. The number of hydrogen-bond acceptors (Lipinski definition) is 4. The van der Waals surface area contributed by atoms with Crippen LogP contribution in [0.5, 0.6) is 5.88 Å². The number of aromatic nitrogens is 1. The summed E-state index contributed by atoms with van der Waals surface area (Å²) in [7, 11) is -3.52. The van der Waals surface area contributed by atoms with E-state index < -0.39 is 10.0 Å². The fourth-order valence-electron chi connectivity index (χ4n) is 2.09. The number of hydrogen-bond donors (Lipinski definition) is 0. The van der Waals surface area contributed by atoms with Crippen molar-refractivity contribution in [2.75, 3.05) is 13.1 Å². The molecule has 0 bridgehead atoms. The zero-order chi connectivity index (χ0) is 16.9. The van der Waals surface area contributed by atoms with Crippen molar-refractivity contribution in [2.24, 2.45) is 0 Å². The van der Waals surface area contributed by atoms with Crippen molar-refractivity contribution < 1.29 is 13.2 Å². The van der Waals surface area contributed by atoms with Crippen molar-refractivity contribution in [3.63, 3.8) is 0 Å². The second-order valence-electron chi connectivity index (χ2n) is 4.82. The van der Waals surface area contributed by atoms with Crippen LogP contribution in [0.2, 0.25) is 0 Å². The number of nitrogens with zero attached hydrogens (tertiary/aromatic N) is 2. The van der Waals surface area contributed by atoms with E-state index in [0.717, 1.165) is 5.56 Å². The van der Waals surface area contributed by atoms with Crippen molar-refractivity contribution in [3.05, 3.63) is 52.6 Å².